The molecule has 0 spiro atoms. The molecule has 0 saturated carbocycles. The van der Waals surface area contributed by atoms with Crippen molar-refractivity contribution in [3.05, 3.63) is 0 Å². The van der Waals surface area contributed by atoms with Gasteiger partial charge in [0.1, 0.15) is 0 Å². The monoisotopic (exact) mass is 116 g/mol. The van der Waals surface area contributed by atoms with Crippen LogP contribution in [0.4, 0.5) is 0 Å². The van der Waals surface area contributed by atoms with Gasteiger partial charge in [0.25, 0.3) is 0 Å². The van der Waals surface area contributed by atoms with Gasteiger partial charge in [-0.3, -0.25) is 0 Å². The van der Waals surface area contributed by atoms with Crippen molar-refractivity contribution in [1.82, 2.24) is 0 Å². The Bertz CT molecular complexity index is 37.3. The lowest BCUT2D eigenvalue weighted by Crippen LogP contribution is -2.13. The third-order valence-corrected chi connectivity index (χ3v) is 1.63. The molecule has 0 aliphatic rings. The van der Waals surface area contributed by atoms with Crippen molar-refractivity contribution in [2.45, 2.75) is 31.5 Å². The minimum Gasteiger partial charge on any atom is -0.499 e. The fraction of sp³-hybridized carbons (Fsp3) is 1.00. The summed E-state index contributed by atoms with van der Waals surface area (Å²) in [6.07, 6.45) is 0.437. The van der Waals surface area contributed by atoms with Crippen molar-refractivity contribution >= 4 is 14.5 Å². The Morgan fingerprint density at radius 2 is 1.71 bits per heavy atom. The topological polar surface area (TPSA) is 9.23 Å². The fourth-order valence-corrected chi connectivity index (χ4v) is 1.63. The molecule has 0 bridgehead atoms. The average Bonchev–Trinajstić information content (AvgIpc) is 1.27. The first-order chi connectivity index (χ1) is 3.13. The molecular weight excluding hydrogens is 103 g/mol. The molecule has 0 heterocycles. The Morgan fingerprint density at radius 3 is 1.71 bits per heavy atom. The quantitative estimate of drug-likeness (QED) is 0.498. The van der Waals surface area contributed by atoms with Gasteiger partial charge in [-0.05, 0) is 13.8 Å². The maximum absolute atomic E-state index is 5.39. The molecule has 0 aromatic heterocycles. The van der Waals surface area contributed by atoms with Gasteiger partial charge in [-0.1, -0.05) is 11.6 Å². The highest BCUT2D eigenvalue weighted by Gasteiger charge is 2.04. The van der Waals surface area contributed by atoms with E-state index in [1.807, 2.05) is 0 Å². The Balaban J connectivity index is 2.95. The first-order valence-corrected chi connectivity index (χ1v) is 5.56. The van der Waals surface area contributed by atoms with E-state index in [1.54, 1.807) is 0 Å². The van der Waals surface area contributed by atoms with E-state index in [1.165, 1.54) is 0 Å². The summed E-state index contributed by atoms with van der Waals surface area (Å²) in [6, 6.07) is 0. The van der Waals surface area contributed by atoms with Crippen LogP contribution in [0, 0.1) is 0 Å². The van der Waals surface area contributed by atoms with E-state index >= 15 is 0 Å². The van der Waals surface area contributed by atoms with Crippen molar-refractivity contribution in [3.8, 4) is 0 Å². The molecule has 0 aromatic carbocycles. The minimum absolute atomic E-state index is 0.437. The molecular formula is C5H13AlO. The standard InChI is InChI=1S/C3H7O.2CH3.Al/c1-3(2)4;;;/h3H,1-2H3;2*1H3;/q-1;;;+1. The number of rotatable bonds is 2. The molecule has 1 nitrogen and oxygen atoms in total. The summed E-state index contributed by atoms with van der Waals surface area (Å²) in [5.74, 6) is 4.36. The van der Waals surface area contributed by atoms with Crippen LogP contribution in [-0.2, 0) is 3.79 Å². The van der Waals surface area contributed by atoms with Crippen molar-refractivity contribution in [3.63, 3.8) is 0 Å². The summed E-state index contributed by atoms with van der Waals surface area (Å²) in [6.45, 7) is 4.15. The van der Waals surface area contributed by atoms with Gasteiger partial charge in [0.05, 0.1) is 0 Å². The van der Waals surface area contributed by atoms with E-state index in [-0.39, 0.29) is 0 Å². The van der Waals surface area contributed by atoms with E-state index in [0.717, 1.165) is 0 Å². The van der Waals surface area contributed by atoms with Crippen LogP contribution in [0.25, 0.3) is 0 Å². The second kappa shape index (κ2) is 3.49. The van der Waals surface area contributed by atoms with Crippen LogP contribution in [0.1, 0.15) is 13.8 Å². The molecule has 0 fully saturated rings. The van der Waals surface area contributed by atoms with Crippen molar-refractivity contribution in [2.24, 2.45) is 0 Å². The summed E-state index contributed by atoms with van der Waals surface area (Å²) in [4.78, 5) is 0. The largest absolute Gasteiger partial charge is 0.499 e. The van der Waals surface area contributed by atoms with E-state index < -0.39 is 14.5 Å². The summed E-state index contributed by atoms with van der Waals surface area (Å²) in [5.41, 5.74) is 0. The molecule has 0 aliphatic carbocycles. The normalized spacial score (nSPS) is 9.86. The molecule has 0 atom stereocenters. The maximum Gasteiger partial charge on any atom is 0.454 e. The van der Waals surface area contributed by atoms with Crippen LogP contribution >= 0.6 is 0 Å². The lowest BCUT2D eigenvalue weighted by molar-refractivity contribution is 0.247. The van der Waals surface area contributed by atoms with Gasteiger partial charge in [-0.25, -0.2) is 0 Å². The third-order valence-electron chi connectivity index (χ3n) is 0.544. The van der Waals surface area contributed by atoms with Gasteiger partial charge < -0.3 is 3.79 Å². The number of hydrogen-bond donors (Lipinski definition) is 0. The van der Waals surface area contributed by atoms with Crippen LogP contribution in [0.5, 0.6) is 0 Å². The smallest absolute Gasteiger partial charge is 0.454 e. The Hall–Kier alpha value is 0.492. The van der Waals surface area contributed by atoms with Crippen LogP contribution in [0.15, 0.2) is 0 Å². The highest BCUT2D eigenvalue weighted by atomic mass is 27.2. The van der Waals surface area contributed by atoms with Crippen LogP contribution in [0.2, 0.25) is 11.6 Å². The Labute approximate surface area is 50.4 Å². The molecule has 0 rings (SSSR count). The highest BCUT2D eigenvalue weighted by molar-refractivity contribution is 6.48. The van der Waals surface area contributed by atoms with Crippen molar-refractivity contribution < 1.29 is 3.79 Å². The number of hydrogen-bond acceptors (Lipinski definition) is 1. The lowest BCUT2D eigenvalue weighted by Gasteiger charge is -2.07. The summed E-state index contributed by atoms with van der Waals surface area (Å²) in [5, 5.41) is 0. The summed E-state index contributed by atoms with van der Waals surface area (Å²) < 4.78 is 5.39. The predicted molar refractivity (Wildman–Crippen MR) is 33.7 cm³/mol. The molecule has 42 valence electrons. The van der Waals surface area contributed by atoms with Gasteiger partial charge in [-0.2, -0.15) is 0 Å². The lowest BCUT2D eigenvalue weighted by atomic mass is 10.5. The van der Waals surface area contributed by atoms with E-state index in [9.17, 15) is 0 Å². The van der Waals surface area contributed by atoms with Gasteiger partial charge >= 0.3 is 14.5 Å². The molecule has 2 heteroatoms. The average molecular weight is 116 g/mol. The van der Waals surface area contributed by atoms with Crippen LogP contribution < -0.4 is 0 Å². The predicted octanol–water partition coefficient (Wildman–Crippen LogP) is 1.66. The summed E-state index contributed by atoms with van der Waals surface area (Å²) >= 11 is -0.728. The Kier molecular flexibility index (Phi) is 3.73. The van der Waals surface area contributed by atoms with Crippen molar-refractivity contribution in [1.29, 1.82) is 0 Å². The molecule has 0 aliphatic heterocycles. The van der Waals surface area contributed by atoms with Gasteiger partial charge in [0.2, 0.25) is 0 Å². The van der Waals surface area contributed by atoms with Gasteiger partial charge in [0.15, 0.2) is 0 Å². The first-order valence-electron chi connectivity index (χ1n) is 2.78. The second-order valence-electron chi connectivity index (χ2n) is 2.23. The van der Waals surface area contributed by atoms with Crippen molar-refractivity contribution in [2.75, 3.05) is 0 Å². The van der Waals surface area contributed by atoms with Crippen LogP contribution in [-0.4, -0.2) is 20.6 Å². The molecule has 0 amide bonds. The Morgan fingerprint density at radius 1 is 1.29 bits per heavy atom. The van der Waals surface area contributed by atoms with Crippen LogP contribution in [0.3, 0.4) is 0 Å². The molecule has 0 N–H and O–H groups in total. The molecule has 0 saturated heterocycles. The minimum atomic E-state index is -0.728. The van der Waals surface area contributed by atoms with Gasteiger partial charge in [0, 0.05) is 6.10 Å². The fourth-order valence-electron chi connectivity index (χ4n) is 0.544. The van der Waals surface area contributed by atoms with E-state index in [4.69, 9.17) is 3.79 Å². The zero-order chi connectivity index (χ0) is 5.86. The SMILES string of the molecule is CC(C)[O][Al]([CH3])[CH3]. The molecule has 0 radical (unpaired) electrons. The highest BCUT2D eigenvalue weighted by Crippen LogP contribution is 1.90. The second-order valence-corrected chi connectivity index (χ2v) is 4.60. The first kappa shape index (κ1) is 7.49. The summed E-state index contributed by atoms with van der Waals surface area (Å²) in [7, 11) is 0. The molecule has 0 unspecified atom stereocenters. The zero-order valence-corrected chi connectivity index (χ0v) is 6.72. The van der Waals surface area contributed by atoms with E-state index in [2.05, 4.69) is 25.4 Å². The third kappa shape index (κ3) is 6.49. The maximum atomic E-state index is 5.39. The van der Waals surface area contributed by atoms with Gasteiger partial charge in [-0.15, -0.1) is 0 Å². The zero-order valence-electron chi connectivity index (χ0n) is 5.56. The molecule has 7 heavy (non-hydrogen) atoms. The molecule has 0 aromatic rings. The van der Waals surface area contributed by atoms with E-state index in [0.29, 0.717) is 6.10 Å².